The van der Waals surface area contributed by atoms with E-state index in [4.69, 9.17) is 22.7 Å². The van der Waals surface area contributed by atoms with Crippen LogP contribution in [0.25, 0.3) is 0 Å². The highest BCUT2D eigenvalue weighted by molar-refractivity contribution is 7.80. The van der Waals surface area contributed by atoms with Crippen LogP contribution < -0.4 is 11.1 Å². The molecule has 0 amide bonds. The Morgan fingerprint density at radius 2 is 2.36 bits per heavy atom. The Kier molecular flexibility index (Phi) is 7.78. The topological polar surface area (TPSA) is 47.3 Å². The van der Waals surface area contributed by atoms with E-state index in [-0.39, 0.29) is 0 Å². The van der Waals surface area contributed by atoms with E-state index in [0.29, 0.717) is 24.7 Å². The molecule has 4 heteroatoms. The van der Waals surface area contributed by atoms with Gasteiger partial charge >= 0.3 is 0 Å². The first-order valence-electron chi connectivity index (χ1n) is 3.87. The van der Waals surface area contributed by atoms with Crippen molar-refractivity contribution < 1.29 is 4.74 Å². The Bertz CT molecular complexity index is 109. The summed E-state index contributed by atoms with van der Waals surface area (Å²) in [5.74, 6) is 0. The van der Waals surface area contributed by atoms with Gasteiger partial charge in [-0.05, 0) is 25.2 Å². The molecule has 0 aromatic rings. The van der Waals surface area contributed by atoms with Crippen molar-refractivity contribution in [2.24, 2.45) is 5.73 Å². The minimum Gasteiger partial charge on any atom is -0.484 e. The van der Waals surface area contributed by atoms with Gasteiger partial charge in [0.1, 0.15) is 6.61 Å². The summed E-state index contributed by atoms with van der Waals surface area (Å²) in [6.07, 6.45) is 1.11. The predicted molar refractivity (Wildman–Crippen MR) is 50.8 cm³/mol. The first-order valence-corrected chi connectivity index (χ1v) is 4.28. The molecule has 0 radical (unpaired) electrons. The van der Waals surface area contributed by atoms with Gasteiger partial charge in [-0.3, -0.25) is 0 Å². The third kappa shape index (κ3) is 7.71. The molecule has 0 saturated heterocycles. The fraction of sp³-hybridized carbons (Fsp3) is 0.857. The van der Waals surface area contributed by atoms with E-state index in [0.717, 1.165) is 13.0 Å². The lowest BCUT2D eigenvalue weighted by Gasteiger charge is -2.06. The van der Waals surface area contributed by atoms with Crippen molar-refractivity contribution in [3.05, 3.63) is 0 Å². The molecule has 0 bridgehead atoms. The van der Waals surface area contributed by atoms with Gasteiger partial charge in [-0.15, -0.1) is 0 Å². The lowest BCUT2D eigenvalue weighted by molar-refractivity contribution is 0.316. The van der Waals surface area contributed by atoms with E-state index in [1.54, 1.807) is 0 Å². The van der Waals surface area contributed by atoms with Crippen molar-refractivity contribution in [2.75, 3.05) is 26.2 Å². The second-order valence-corrected chi connectivity index (χ2v) is 2.64. The fourth-order valence-corrected chi connectivity index (χ4v) is 0.776. The second-order valence-electron chi connectivity index (χ2n) is 2.19. The summed E-state index contributed by atoms with van der Waals surface area (Å²) >= 11 is 4.89. The second kappa shape index (κ2) is 7.91. The maximum Gasteiger partial charge on any atom is 0.173 e. The summed E-state index contributed by atoms with van der Waals surface area (Å²) in [7, 11) is 0. The van der Waals surface area contributed by atoms with Gasteiger partial charge in [0.2, 0.25) is 0 Å². The Labute approximate surface area is 73.3 Å². The van der Waals surface area contributed by atoms with Crippen molar-refractivity contribution in [3.63, 3.8) is 0 Å². The zero-order valence-corrected chi connectivity index (χ0v) is 7.75. The number of thiocarbonyl (C=S) groups is 1. The summed E-state index contributed by atoms with van der Waals surface area (Å²) in [6, 6.07) is 0. The Balaban J connectivity index is 3.09. The third-order valence-electron chi connectivity index (χ3n) is 1.08. The van der Waals surface area contributed by atoms with Crippen molar-refractivity contribution in [1.29, 1.82) is 0 Å². The minimum absolute atomic E-state index is 0.520. The summed E-state index contributed by atoms with van der Waals surface area (Å²) < 4.78 is 5.08. The Hall–Kier alpha value is -0.190. The van der Waals surface area contributed by atoms with Gasteiger partial charge in [0.05, 0.1) is 6.54 Å². The molecule has 0 aliphatic carbocycles. The van der Waals surface area contributed by atoms with Gasteiger partial charge < -0.3 is 15.8 Å². The average molecular weight is 176 g/mol. The molecule has 0 saturated carbocycles. The zero-order valence-electron chi connectivity index (χ0n) is 6.93. The van der Waals surface area contributed by atoms with Crippen LogP contribution in [0.1, 0.15) is 13.3 Å². The Morgan fingerprint density at radius 1 is 1.64 bits per heavy atom. The smallest absolute Gasteiger partial charge is 0.173 e. The molecule has 3 nitrogen and oxygen atoms in total. The first kappa shape index (κ1) is 10.8. The van der Waals surface area contributed by atoms with Crippen LogP contribution in [0.15, 0.2) is 0 Å². The summed E-state index contributed by atoms with van der Waals surface area (Å²) in [4.78, 5) is 0. The van der Waals surface area contributed by atoms with Crippen molar-refractivity contribution in [1.82, 2.24) is 5.32 Å². The number of hydrogen-bond acceptors (Lipinski definition) is 4. The number of rotatable bonds is 6. The zero-order chi connectivity index (χ0) is 8.53. The molecule has 0 spiro atoms. The van der Waals surface area contributed by atoms with Crippen LogP contribution in [0, 0.1) is 0 Å². The van der Waals surface area contributed by atoms with E-state index in [1.807, 2.05) is 0 Å². The highest BCUT2D eigenvalue weighted by Crippen LogP contribution is 1.80. The maximum atomic E-state index is 5.23. The largest absolute Gasteiger partial charge is 0.484 e. The van der Waals surface area contributed by atoms with E-state index in [9.17, 15) is 0 Å². The molecule has 0 atom stereocenters. The van der Waals surface area contributed by atoms with Crippen LogP contribution in [0.2, 0.25) is 0 Å². The van der Waals surface area contributed by atoms with Gasteiger partial charge in [-0.1, -0.05) is 6.92 Å². The van der Waals surface area contributed by atoms with Crippen LogP contribution in [0.5, 0.6) is 0 Å². The molecule has 66 valence electrons. The van der Waals surface area contributed by atoms with E-state index in [2.05, 4.69) is 12.2 Å². The van der Waals surface area contributed by atoms with Gasteiger partial charge in [0.15, 0.2) is 5.05 Å². The van der Waals surface area contributed by atoms with Crippen LogP contribution in [-0.2, 0) is 4.74 Å². The van der Waals surface area contributed by atoms with Gasteiger partial charge in [-0.25, -0.2) is 0 Å². The number of nitrogens with one attached hydrogen (secondary N) is 1. The molecule has 0 rings (SSSR count). The fourth-order valence-electron chi connectivity index (χ4n) is 0.591. The molecule has 0 aromatic heterocycles. The molecule has 0 aromatic carbocycles. The lowest BCUT2D eigenvalue weighted by Crippen LogP contribution is -2.25. The third-order valence-corrected chi connectivity index (χ3v) is 1.34. The van der Waals surface area contributed by atoms with Crippen molar-refractivity contribution in [3.8, 4) is 0 Å². The van der Waals surface area contributed by atoms with Gasteiger partial charge in [0.25, 0.3) is 0 Å². The standard InChI is InChI=1S/C7H16N2OS/c1-2-4-9-6-7(11)10-5-3-8/h9H,2-6,8H2,1H3. The van der Waals surface area contributed by atoms with Crippen LogP contribution in [0.4, 0.5) is 0 Å². The first-order chi connectivity index (χ1) is 5.31. The quantitative estimate of drug-likeness (QED) is 0.451. The Morgan fingerprint density at radius 3 is 2.91 bits per heavy atom. The van der Waals surface area contributed by atoms with E-state index >= 15 is 0 Å². The maximum absolute atomic E-state index is 5.23. The summed E-state index contributed by atoms with van der Waals surface area (Å²) in [5, 5.41) is 3.74. The van der Waals surface area contributed by atoms with Crippen LogP contribution in [0.3, 0.4) is 0 Å². The van der Waals surface area contributed by atoms with Gasteiger partial charge in [0, 0.05) is 6.54 Å². The lowest BCUT2D eigenvalue weighted by atomic mass is 10.5. The average Bonchev–Trinajstić information content (AvgIpc) is 2.01. The van der Waals surface area contributed by atoms with Crippen molar-refractivity contribution in [2.45, 2.75) is 13.3 Å². The summed E-state index contributed by atoms with van der Waals surface area (Å²) in [6.45, 7) is 4.78. The highest BCUT2D eigenvalue weighted by Gasteiger charge is 1.94. The molecular formula is C7H16N2OS. The molecule has 0 heterocycles. The molecule has 0 fully saturated rings. The highest BCUT2D eigenvalue weighted by atomic mass is 32.1. The monoisotopic (exact) mass is 176 g/mol. The molecule has 0 aliphatic heterocycles. The van der Waals surface area contributed by atoms with Gasteiger partial charge in [-0.2, -0.15) is 0 Å². The minimum atomic E-state index is 0.520. The summed E-state index contributed by atoms with van der Waals surface area (Å²) in [5.41, 5.74) is 5.23. The molecule has 0 unspecified atom stereocenters. The molecule has 0 aliphatic rings. The van der Waals surface area contributed by atoms with E-state index in [1.165, 1.54) is 0 Å². The van der Waals surface area contributed by atoms with Crippen LogP contribution >= 0.6 is 12.2 Å². The van der Waals surface area contributed by atoms with E-state index < -0.39 is 0 Å². The molecule has 11 heavy (non-hydrogen) atoms. The van der Waals surface area contributed by atoms with Crippen LogP contribution in [-0.4, -0.2) is 31.3 Å². The number of nitrogens with two attached hydrogens (primary N) is 1. The number of ether oxygens (including phenoxy) is 1. The molecular weight excluding hydrogens is 160 g/mol. The normalized spacial score (nSPS) is 9.64. The SMILES string of the molecule is CCCNCC(=S)OCCN. The van der Waals surface area contributed by atoms with Crippen molar-refractivity contribution >= 4 is 17.3 Å². The number of hydrogen-bond donors (Lipinski definition) is 2. The predicted octanol–water partition coefficient (Wildman–Crippen LogP) is 0.289. The molecule has 3 N–H and O–H groups in total.